The first-order chi connectivity index (χ1) is 12.6. The molecular weight excluding hydrogens is 330 g/mol. The van der Waals surface area contributed by atoms with Gasteiger partial charge in [-0.1, -0.05) is 6.07 Å². The van der Waals surface area contributed by atoms with Crippen molar-refractivity contribution in [2.24, 2.45) is 5.92 Å². The smallest absolute Gasteiger partial charge is 0.257 e. The summed E-state index contributed by atoms with van der Waals surface area (Å²) in [5, 5.41) is 12.0. The van der Waals surface area contributed by atoms with Crippen LogP contribution in [0.5, 0.6) is 0 Å². The van der Waals surface area contributed by atoms with E-state index < -0.39 is 0 Å². The van der Waals surface area contributed by atoms with Gasteiger partial charge in [-0.2, -0.15) is 0 Å². The van der Waals surface area contributed by atoms with Crippen LogP contribution < -0.4 is 5.32 Å². The molecule has 1 fully saturated rings. The van der Waals surface area contributed by atoms with Crippen LogP contribution in [0.4, 0.5) is 5.69 Å². The zero-order valence-electron chi connectivity index (χ0n) is 14.8. The number of piperidine rings is 1. The third-order valence-corrected chi connectivity index (χ3v) is 4.70. The zero-order valence-corrected chi connectivity index (χ0v) is 14.8. The van der Waals surface area contributed by atoms with Gasteiger partial charge in [0.05, 0.1) is 5.56 Å². The Morgan fingerprint density at radius 2 is 1.96 bits per heavy atom. The minimum atomic E-state index is -0.258. The van der Waals surface area contributed by atoms with E-state index in [2.05, 4.69) is 10.3 Å². The molecule has 0 radical (unpaired) electrons. The second kappa shape index (κ2) is 8.10. The largest absolute Gasteiger partial charge is 0.396 e. The first-order valence-electron chi connectivity index (χ1n) is 8.81. The van der Waals surface area contributed by atoms with Gasteiger partial charge in [-0.05, 0) is 56.0 Å². The van der Waals surface area contributed by atoms with Gasteiger partial charge in [-0.3, -0.25) is 14.6 Å². The Balaban J connectivity index is 1.67. The fraction of sp³-hybridized carbons (Fsp3) is 0.350. The quantitative estimate of drug-likeness (QED) is 0.885. The fourth-order valence-corrected chi connectivity index (χ4v) is 3.04. The molecule has 2 heterocycles. The second-order valence-electron chi connectivity index (χ2n) is 6.64. The van der Waals surface area contributed by atoms with E-state index in [-0.39, 0.29) is 24.3 Å². The number of carbonyl (C=O) groups excluding carboxylic acids is 2. The molecule has 6 heteroatoms. The van der Waals surface area contributed by atoms with Crippen LogP contribution in [-0.4, -0.2) is 46.5 Å². The van der Waals surface area contributed by atoms with E-state index >= 15 is 0 Å². The van der Waals surface area contributed by atoms with E-state index in [1.54, 1.807) is 41.3 Å². The third kappa shape index (κ3) is 4.26. The molecule has 1 aliphatic heterocycles. The van der Waals surface area contributed by atoms with E-state index in [1.165, 1.54) is 6.20 Å². The van der Waals surface area contributed by atoms with Gasteiger partial charge >= 0.3 is 0 Å². The lowest BCUT2D eigenvalue weighted by molar-refractivity contribution is 0.0650. The minimum absolute atomic E-state index is 0.0468. The number of anilines is 1. The number of nitrogens with zero attached hydrogens (tertiary/aromatic N) is 2. The molecule has 136 valence electrons. The lowest BCUT2D eigenvalue weighted by Gasteiger charge is -2.31. The molecule has 1 aliphatic rings. The molecule has 0 atom stereocenters. The summed E-state index contributed by atoms with van der Waals surface area (Å²) >= 11 is 0. The number of benzene rings is 1. The van der Waals surface area contributed by atoms with Crippen molar-refractivity contribution in [1.29, 1.82) is 0 Å². The summed E-state index contributed by atoms with van der Waals surface area (Å²) in [6.45, 7) is 3.34. The number of rotatable bonds is 4. The minimum Gasteiger partial charge on any atom is -0.396 e. The van der Waals surface area contributed by atoms with Gasteiger partial charge in [0.15, 0.2) is 0 Å². The lowest BCUT2D eigenvalue weighted by atomic mass is 9.97. The molecule has 1 saturated heterocycles. The summed E-state index contributed by atoms with van der Waals surface area (Å²) in [5.41, 5.74) is 2.44. The number of pyridine rings is 1. The van der Waals surface area contributed by atoms with Gasteiger partial charge in [0.1, 0.15) is 0 Å². The topological polar surface area (TPSA) is 82.5 Å². The Morgan fingerprint density at radius 1 is 1.19 bits per heavy atom. The Hall–Kier alpha value is -2.73. The molecular formula is C20H23N3O3. The number of aryl methyl sites for hydroxylation is 1. The van der Waals surface area contributed by atoms with Crippen molar-refractivity contribution < 1.29 is 14.7 Å². The molecule has 0 saturated carbocycles. The molecule has 3 rings (SSSR count). The van der Waals surface area contributed by atoms with E-state index in [0.717, 1.165) is 18.5 Å². The SMILES string of the molecule is Cc1ccc(C(=O)Nc2cccc(C(=O)N3CCC(CO)CC3)c2)cn1. The normalized spacial score (nSPS) is 14.9. The highest BCUT2D eigenvalue weighted by molar-refractivity contribution is 6.05. The van der Waals surface area contributed by atoms with Crippen molar-refractivity contribution in [3.05, 3.63) is 59.4 Å². The molecule has 2 amide bonds. The Bertz CT molecular complexity index is 781. The fourth-order valence-electron chi connectivity index (χ4n) is 3.04. The number of aromatic nitrogens is 1. The Labute approximate surface area is 152 Å². The number of likely N-dealkylation sites (tertiary alicyclic amines) is 1. The summed E-state index contributed by atoms with van der Waals surface area (Å²) in [4.78, 5) is 30.9. The van der Waals surface area contributed by atoms with Crippen molar-refractivity contribution in [2.75, 3.05) is 25.0 Å². The number of hydrogen-bond donors (Lipinski definition) is 2. The average Bonchev–Trinajstić information content (AvgIpc) is 2.68. The first kappa shape index (κ1) is 18.1. The highest BCUT2D eigenvalue weighted by atomic mass is 16.3. The summed E-state index contributed by atoms with van der Waals surface area (Å²) in [7, 11) is 0. The van der Waals surface area contributed by atoms with Crippen LogP contribution in [0, 0.1) is 12.8 Å². The van der Waals surface area contributed by atoms with Crippen LogP contribution in [0.3, 0.4) is 0 Å². The Morgan fingerprint density at radius 3 is 2.62 bits per heavy atom. The molecule has 0 aliphatic carbocycles. The number of amides is 2. The highest BCUT2D eigenvalue weighted by Crippen LogP contribution is 2.20. The maximum Gasteiger partial charge on any atom is 0.257 e. The van der Waals surface area contributed by atoms with E-state index in [9.17, 15) is 14.7 Å². The van der Waals surface area contributed by atoms with Gasteiger partial charge in [0.2, 0.25) is 0 Å². The molecule has 0 bridgehead atoms. The number of aliphatic hydroxyl groups excluding tert-OH is 1. The summed E-state index contributed by atoms with van der Waals surface area (Å²) in [6, 6.07) is 10.5. The average molecular weight is 353 g/mol. The number of nitrogens with one attached hydrogen (secondary N) is 1. The predicted octanol–water partition coefficient (Wildman–Crippen LogP) is 2.49. The molecule has 2 N–H and O–H groups in total. The highest BCUT2D eigenvalue weighted by Gasteiger charge is 2.23. The summed E-state index contributed by atoms with van der Waals surface area (Å²) in [6.07, 6.45) is 3.17. The maximum atomic E-state index is 12.7. The van der Waals surface area contributed by atoms with Crippen LogP contribution in [0.2, 0.25) is 0 Å². The van der Waals surface area contributed by atoms with Gasteiger partial charge in [-0.15, -0.1) is 0 Å². The van der Waals surface area contributed by atoms with Crippen LogP contribution >= 0.6 is 0 Å². The molecule has 6 nitrogen and oxygen atoms in total. The van der Waals surface area contributed by atoms with Gasteiger partial charge in [0.25, 0.3) is 11.8 Å². The van der Waals surface area contributed by atoms with Crippen molar-refractivity contribution in [2.45, 2.75) is 19.8 Å². The van der Waals surface area contributed by atoms with Crippen molar-refractivity contribution in [1.82, 2.24) is 9.88 Å². The van der Waals surface area contributed by atoms with Crippen molar-refractivity contribution in [3.8, 4) is 0 Å². The molecule has 0 spiro atoms. The predicted molar refractivity (Wildman–Crippen MR) is 99.1 cm³/mol. The zero-order chi connectivity index (χ0) is 18.5. The molecule has 0 unspecified atom stereocenters. The van der Waals surface area contributed by atoms with Gasteiger partial charge in [0, 0.05) is 42.8 Å². The molecule has 1 aromatic heterocycles. The number of hydrogen-bond acceptors (Lipinski definition) is 4. The lowest BCUT2D eigenvalue weighted by Crippen LogP contribution is -2.39. The maximum absolute atomic E-state index is 12.7. The summed E-state index contributed by atoms with van der Waals surface area (Å²) < 4.78 is 0. The summed E-state index contributed by atoms with van der Waals surface area (Å²) in [5.74, 6) is -0.0202. The first-order valence-corrected chi connectivity index (χ1v) is 8.81. The van der Waals surface area contributed by atoms with Crippen LogP contribution in [0.1, 0.15) is 39.3 Å². The Kier molecular flexibility index (Phi) is 5.63. The van der Waals surface area contributed by atoms with Crippen LogP contribution in [-0.2, 0) is 0 Å². The monoisotopic (exact) mass is 353 g/mol. The van der Waals surface area contributed by atoms with Crippen molar-refractivity contribution >= 4 is 17.5 Å². The molecule has 1 aromatic carbocycles. The second-order valence-corrected chi connectivity index (χ2v) is 6.64. The number of carbonyl (C=O) groups is 2. The standard InChI is InChI=1S/C20H23N3O3/c1-14-5-6-17(12-21-14)19(25)22-18-4-2-3-16(11-18)20(26)23-9-7-15(13-24)8-10-23/h2-6,11-12,15,24H,7-10,13H2,1H3,(H,22,25). The van der Waals surface area contributed by atoms with E-state index in [1.807, 2.05) is 6.92 Å². The van der Waals surface area contributed by atoms with E-state index in [0.29, 0.717) is 29.9 Å². The number of aliphatic hydroxyl groups is 1. The molecule has 2 aromatic rings. The van der Waals surface area contributed by atoms with Crippen molar-refractivity contribution in [3.63, 3.8) is 0 Å². The van der Waals surface area contributed by atoms with Crippen LogP contribution in [0.15, 0.2) is 42.6 Å². The van der Waals surface area contributed by atoms with E-state index in [4.69, 9.17) is 0 Å². The molecule has 26 heavy (non-hydrogen) atoms. The third-order valence-electron chi connectivity index (χ3n) is 4.70. The van der Waals surface area contributed by atoms with Gasteiger partial charge in [-0.25, -0.2) is 0 Å². The van der Waals surface area contributed by atoms with Gasteiger partial charge < -0.3 is 15.3 Å². The van der Waals surface area contributed by atoms with Crippen LogP contribution in [0.25, 0.3) is 0 Å².